The number of nitrogens with zero attached hydrogens (tertiary/aromatic N) is 1. The van der Waals surface area contributed by atoms with Crippen LogP contribution in [0.5, 0.6) is 0 Å². The molecule has 3 rings (SSSR count). The van der Waals surface area contributed by atoms with Crippen molar-refractivity contribution in [2.75, 3.05) is 5.73 Å². The smallest absolute Gasteiger partial charge is 0.263 e. The van der Waals surface area contributed by atoms with E-state index < -0.39 is 0 Å². The van der Waals surface area contributed by atoms with Gasteiger partial charge in [-0.3, -0.25) is 4.79 Å². The predicted octanol–water partition coefficient (Wildman–Crippen LogP) is 4.07. The first-order valence-electron chi connectivity index (χ1n) is 7.65. The Morgan fingerprint density at radius 3 is 2.70 bits per heavy atom. The number of carbonyl (C=O) groups is 1. The molecular formula is C18H19N3OS. The topological polar surface area (TPSA) is 68.0 Å². The van der Waals surface area contributed by atoms with Crippen molar-refractivity contribution >= 4 is 33.1 Å². The number of hydrogen-bond donors (Lipinski definition) is 2. The van der Waals surface area contributed by atoms with E-state index in [0.29, 0.717) is 10.6 Å². The fourth-order valence-corrected chi connectivity index (χ4v) is 3.32. The number of thiophene rings is 1. The van der Waals surface area contributed by atoms with Gasteiger partial charge >= 0.3 is 0 Å². The fourth-order valence-electron chi connectivity index (χ4n) is 2.33. The van der Waals surface area contributed by atoms with E-state index in [0.717, 1.165) is 27.9 Å². The second kappa shape index (κ2) is 6.38. The van der Waals surface area contributed by atoms with Crippen molar-refractivity contribution in [3.05, 3.63) is 47.3 Å². The lowest BCUT2D eigenvalue weighted by Gasteiger charge is -2.10. The van der Waals surface area contributed by atoms with Crippen LogP contribution < -0.4 is 11.1 Å². The summed E-state index contributed by atoms with van der Waals surface area (Å²) in [4.78, 5) is 18.3. The summed E-state index contributed by atoms with van der Waals surface area (Å²) in [7, 11) is 0. The second-order valence-electron chi connectivity index (χ2n) is 5.54. The highest BCUT2D eigenvalue weighted by molar-refractivity contribution is 7.21. The van der Waals surface area contributed by atoms with Gasteiger partial charge in [0.1, 0.15) is 9.71 Å². The molecule has 1 aromatic carbocycles. The van der Waals surface area contributed by atoms with Gasteiger partial charge in [-0.05, 0) is 25.5 Å². The third-order valence-corrected chi connectivity index (χ3v) is 4.97. The quantitative estimate of drug-likeness (QED) is 0.759. The largest absolute Gasteiger partial charge is 0.397 e. The molecule has 0 saturated carbocycles. The number of amides is 1. The molecule has 3 N–H and O–H groups in total. The van der Waals surface area contributed by atoms with Crippen LogP contribution in [0.15, 0.2) is 42.5 Å². The first kappa shape index (κ1) is 15.5. The van der Waals surface area contributed by atoms with E-state index in [1.165, 1.54) is 11.3 Å². The van der Waals surface area contributed by atoms with Gasteiger partial charge < -0.3 is 11.1 Å². The minimum Gasteiger partial charge on any atom is -0.397 e. The Hall–Kier alpha value is -2.40. The lowest BCUT2D eigenvalue weighted by molar-refractivity contribution is 0.0944. The summed E-state index contributed by atoms with van der Waals surface area (Å²) in [6, 6.07) is 14.0. The van der Waals surface area contributed by atoms with Gasteiger partial charge in [-0.1, -0.05) is 37.3 Å². The SMILES string of the molecule is CCC(C)NC(=O)c1sc2nc(-c3ccccc3)ccc2c1N. The van der Waals surface area contributed by atoms with Crippen molar-refractivity contribution in [3.8, 4) is 11.3 Å². The minimum atomic E-state index is -0.124. The number of hydrogen-bond acceptors (Lipinski definition) is 4. The van der Waals surface area contributed by atoms with Crippen molar-refractivity contribution < 1.29 is 4.79 Å². The lowest BCUT2D eigenvalue weighted by Crippen LogP contribution is -2.31. The Kier molecular flexibility index (Phi) is 4.30. The third-order valence-electron chi connectivity index (χ3n) is 3.86. The number of benzene rings is 1. The van der Waals surface area contributed by atoms with Crippen molar-refractivity contribution in [2.45, 2.75) is 26.3 Å². The van der Waals surface area contributed by atoms with Crippen LogP contribution in [0.1, 0.15) is 29.9 Å². The predicted molar refractivity (Wildman–Crippen MR) is 96.7 cm³/mol. The zero-order valence-corrected chi connectivity index (χ0v) is 14.0. The van der Waals surface area contributed by atoms with Crippen LogP contribution in [0.3, 0.4) is 0 Å². The summed E-state index contributed by atoms with van der Waals surface area (Å²) in [5.74, 6) is -0.124. The normalized spacial score (nSPS) is 12.3. The molecule has 2 aromatic heterocycles. The summed E-state index contributed by atoms with van der Waals surface area (Å²) >= 11 is 1.35. The summed E-state index contributed by atoms with van der Waals surface area (Å²) in [6.07, 6.45) is 0.882. The zero-order valence-electron chi connectivity index (χ0n) is 13.2. The lowest BCUT2D eigenvalue weighted by atomic mass is 10.1. The first-order valence-corrected chi connectivity index (χ1v) is 8.47. The van der Waals surface area contributed by atoms with Crippen LogP contribution >= 0.6 is 11.3 Å². The summed E-state index contributed by atoms with van der Waals surface area (Å²) < 4.78 is 0. The average molecular weight is 325 g/mol. The monoisotopic (exact) mass is 325 g/mol. The molecule has 2 heterocycles. The van der Waals surface area contributed by atoms with E-state index in [9.17, 15) is 4.79 Å². The van der Waals surface area contributed by atoms with Gasteiger partial charge in [0.2, 0.25) is 0 Å². The maximum atomic E-state index is 12.4. The second-order valence-corrected chi connectivity index (χ2v) is 6.54. The number of rotatable bonds is 4. The molecule has 0 aliphatic rings. The number of fused-ring (bicyclic) bond motifs is 1. The molecule has 5 heteroatoms. The Labute approximate surface area is 139 Å². The van der Waals surface area contributed by atoms with Gasteiger partial charge in [0.25, 0.3) is 5.91 Å². The molecule has 1 amide bonds. The van der Waals surface area contributed by atoms with Crippen LogP contribution in [-0.2, 0) is 0 Å². The average Bonchev–Trinajstić information content (AvgIpc) is 2.92. The van der Waals surface area contributed by atoms with Gasteiger partial charge in [-0.15, -0.1) is 11.3 Å². The highest BCUT2D eigenvalue weighted by Gasteiger charge is 2.18. The van der Waals surface area contributed by atoms with Gasteiger partial charge in [-0.2, -0.15) is 0 Å². The number of aromatic nitrogens is 1. The maximum absolute atomic E-state index is 12.4. The van der Waals surface area contributed by atoms with Crippen LogP contribution in [0.25, 0.3) is 21.5 Å². The Bertz CT molecular complexity index is 842. The summed E-state index contributed by atoms with van der Waals surface area (Å²) in [6.45, 7) is 4.01. The van der Waals surface area contributed by atoms with Gasteiger partial charge in [0.05, 0.1) is 11.4 Å². The van der Waals surface area contributed by atoms with E-state index >= 15 is 0 Å². The standard InChI is InChI=1S/C18H19N3OS/c1-3-11(2)20-17(22)16-15(19)13-9-10-14(21-18(13)23-16)12-7-5-4-6-8-12/h4-11H,3,19H2,1-2H3,(H,20,22). The molecule has 3 aromatic rings. The number of nitrogens with two attached hydrogens (primary N) is 1. The van der Waals surface area contributed by atoms with Gasteiger partial charge in [0.15, 0.2) is 0 Å². The number of carbonyl (C=O) groups excluding carboxylic acids is 1. The molecule has 0 aliphatic heterocycles. The molecule has 1 unspecified atom stereocenters. The molecule has 0 bridgehead atoms. The van der Waals surface area contributed by atoms with Crippen LogP contribution in [0.4, 0.5) is 5.69 Å². The number of nitrogens with one attached hydrogen (secondary N) is 1. The Morgan fingerprint density at radius 1 is 1.26 bits per heavy atom. The maximum Gasteiger partial charge on any atom is 0.263 e. The molecule has 0 spiro atoms. The van der Waals surface area contributed by atoms with Gasteiger partial charge in [-0.25, -0.2) is 4.98 Å². The minimum absolute atomic E-state index is 0.124. The molecule has 0 radical (unpaired) electrons. The van der Waals surface area contributed by atoms with Crippen molar-refractivity contribution in [2.24, 2.45) is 0 Å². The van der Waals surface area contributed by atoms with Crippen molar-refractivity contribution in [3.63, 3.8) is 0 Å². The van der Waals surface area contributed by atoms with Crippen molar-refractivity contribution in [1.82, 2.24) is 10.3 Å². The van der Waals surface area contributed by atoms with E-state index in [4.69, 9.17) is 5.73 Å². The van der Waals surface area contributed by atoms with Crippen LogP contribution in [0, 0.1) is 0 Å². The van der Waals surface area contributed by atoms with E-state index in [-0.39, 0.29) is 11.9 Å². The number of anilines is 1. The highest BCUT2D eigenvalue weighted by atomic mass is 32.1. The molecule has 1 atom stereocenters. The molecule has 23 heavy (non-hydrogen) atoms. The van der Waals surface area contributed by atoms with Crippen LogP contribution in [0.2, 0.25) is 0 Å². The molecule has 0 fully saturated rings. The zero-order chi connectivity index (χ0) is 16.4. The van der Waals surface area contributed by atoms with Crippen molar-refractivity contribution in [1.29, 1.82) is 0 Å². The third kappa shape index (κ3) is 3.05. The Balaban J connectivity index is 2.00. The molecular weight excluding hydrogens is 306 g/mol. The summed E-state index contributed by atoms with van der Waals surface area (Å²) in [5.41, 5.74) is 8.60. The molecule has 118 valence electrons. The molecule has 0 saturated heterocycles. The molecule has 4 nitrogen and oxygen atoms in total. The first-order chi connectivity index (χ1) is 11.1. The van der Waals surface area contributed by atoms with Gasteiger partial charge in [0, 0.05) is 17.0 Å². The van der Waals surface area contributed by atoms with E-state index in [2.05, 4.69) is 10.3 Å². The fraction of sp³-hybridized carbons (Fsp3) is 0.222. The van der Waals surface area contributed by atoms with E-state index in [1.54, 1.807) is 0 Å². The highest BCUT2D eigenvalue weighted by Crippen LogP contribution is 2.34. The summed E-state index contributed by atoms with van der Waals surface area (Å²) in [5, 5.41) is 3.79. The van der Waals surface area contributed by atoms with E-state index in [1.807, 2.05) is 56.3 Å². The van der Waals surface area contributed by atoms with Crippen LogP contribution in [-0.4, -0.2) is 16.9 Å². The number of pyridine rings is 1. The molecule has 0 aliphatic carbocycles. The Morgan fingerprint density at radius 2 is 2.00 bits per heavy atom. The number of nitrogen functional groups attached to an aromatic ring is 1.